The smallest absolute Gasteiger partial charge is 0.270 e. The van der Waals surface area contributed by atoms with E-state index in [2.05, 4.69) is 10.3 Å². The molecule has 0 aliphatic heterocycles. The number of nitrogens with zero attached hydrogens (tertiary/aromatic N) is 3. The average Bonchev–Trinajstić information content (AvgIpc) is 3.07. The molecule has 0 saturated heterocycles. The van der Waals surface area contributed by atoms with E-state index in [-0.39, 0.29) is 11.8 Å². The summed E-state index contributed by atoms with van der Waals surface area (Å²) in [4.78, 5) is 31.2. The molecule has 152 valence electrons. The highest BCUT2D eigenvalue weighted by atomic mass is 16.2. The van der Waals surface area contributed by atoms with Crippen LogP contribution in [-0.2, 0) is 4.79 Å². The van der Waals surface area contributed by atoms with Gasteiger partial charge in [0, 0.05) is 31.4 Å². The number of hydrogen-bond acceptors (Lipinski definition) is 3. The Morgan fingerprint density at radius 1 is 1.03 bits per heavy atom. The van der Waals surface area contributed by atoms with Gasteiger partial charge in [0.2, 0.25) is 5.91 Å². The molecule has 0 saturated carbocycles. The van der Waals surface area contributed by atoms with Gasteiger partial charge < -0.3 is 10.2 Å². The molecule has 1 N–H and O–H groups in total. The number of hydrogen-bond donors (Lipinski definition) is 1. The van der Waals surface area contributed by atoms with Crippen molar-refractivity contribution < 1.29 is 9.59 Å². The molecule has 2 heterocycles. The topological polar surface area (TPSA) is 66.7 Å². The Kier molecular flexibility index (Phi) is 7.00. The molecule has 1 aromatic carbocycles. The van der Waals surface area contributed by atoms with Crippen LogP contribution in [0.25, 0.3) is 5.65 Å². The van der Waals surface area contributed by atoms with Gasteiger partial charge in [-0.1, -0.05) is 30.7 Å². The van der Waals surface area contributed by atoms with Crippen LogP contribution in [0.5, 0.6) is 0 Å². The molecule has 0 spiro atoms. The first kappa shape index (κ1) is 20.6. The number of carbonyl (C=O) groups is 2. The number of rotatable bonds is 9. The van der Waals surface area contributed by atoms with E-state index >= 15 is 0 Å². The van der Waals surface area contributed by atoms with Gasteiger partial charge in [-0.15, -0.1) is 0 Å². The quantitative estimate of drug-likeness (QED) is 0.560. The second-order valence-electron chi connectivity index (χ2n) is 7.01. The zero-order valence-electron chi connectivity index (χ0n) is 17.1. The van der Waals surface area contributed by atoms with Crippen molar-refractivity contribution in [3.63, 3.8) is 0 Å². The number of para-hydroxylation sites is 1. The maximum absolute atomic E-state index is 12.5. The molecule has 0 aliphatic rings. The monoisotopic (exact) mass is 392 g/mol. The van der Waals surface area contributed by atoms with E-state index in [0.717, 1.165) is 36.3 Å². The number of unbranched alkanes of at least 4 members (excludes halogenated alkanes) is 2. The highest BCUT2D eigenvalue weighted by molar-refractivity contribution is 5.94. The van der Waals surface area contributed by atoms with E-state index in [1.165, 1.54) is 0 Å². The van der Waals surface area contributed by atoms with Crippen LogP contribution < -0.4 is 10.2 Å². The Balaban J connectivity index is 1.41. The lowest BCUT2D eigenvalue weighted by Crippen LogP contribution is -2.30. The van der Waals surface area contributed by atoms with Crippen molar-refractivity contribution in [2.75, 3.05) is 18.0 Å². The van der Waals surface area contributed by atoms with Gasteiger partial charge >= 0.3 is 0 Å². The molecule has 29 heavy (non-hydrogen) atoms. The SMILES string of the molecule is CCN(C(=O)CCCCCNC(=O)c1c(C)nc2ccccn12)c1ccccc1. The van der Waals surface area contributed by atoms with Gasteiger partial charge in [-0.25, -0.2) is 4.98 Å². The van der Waals surface area contributed by atoms with Crippen LogP contribution in [-0.4, -0.2) is 34.3 Å². The normalized spacial score (nSPS) is 10.8. The molecule has 6 heteroatoms. The number of imidazole rings is 1. The van der Waals surface area contributed by atoms with Crippen molar-refractivity contribution in [1.29, 1.82) is 0 Å². The summed E-state index contributed by atoms with van der Waals surface area (Å²) in [6, 6.07) is 15.4. The van der Waals surface area contributed by atoms with Crippen LogP contribution in [0.2, 0.25) is 0 Å². The first-order chi connectivity index (χ1) is 14.1. The van der Waals surface area contributed by atoms with Gasteiger partial charge in [-0.2, -0.15) is 0 Å². The second kappa shape index (κ2) is 9.87. The number of aromatic nitrogens is 2. The van der Waals surface area contributed by atoms with Gasteiger partial charge in [-0.3, -0.25) is 14.0 Å². The minimum atomic E-state index is -0.112. The Labute approximate surface area is 171 Å². The third-order valence-corrected chi connectivity index (χ3v) is 4.96. The fourth-order valence-corrected chi connectivity index (χ4v) is 3.50. The molecule has 0 bridgehead atoms. The number of benzene rings is 1. The van der Waals surface area contributed by atoms with Crippen molar-refractivity contribution >= 4 is 23.1 Å². The van der Waals surface area contributed by atoms with Crippen LogP contribution in [0.3, 0.4) is 0 Å². The molecule has 0 aliphatic carbocycles. The number of fused-ring (bicyclic) bond motifs is 1. The molecule has 0 atom stereocenters. The number of aryl methyl sites for hydroxylation is 1. The Morgan fingerprint density at radius 2 is 1.79 bits per heavy atom. The molecule has 0 radical (unpaired) electrons. The number of anilines is 1. The number of carbonyl (C=O) groups excluding carboxylic acids is 2. The van der Waals surface area contributed by atoms with Gasteiger partial charge in [-0.05, 0) is 51.0 Å². The zero-order valence-corrected chi connectivity index (χ0v) is 17.1. The van der Waals surface area contributed by atoms with E-state index in [1.54, 1.807) is 0 Å². The third kappa shape index (κ3) is 5.02. The largest absolute Gasteiger partial charge is 0.351 e. The standard InChI is InChI=1S/C23H28N4O2/c1-3-26(19-12-6-4-7-13-19)21(28)15-8-5-10-16-24-23(29)22-18(2)25-20-14-9-11-17-27(20)22/h4,6-7,9,11-14,17H,3,5,8,10,15-16H2,1-2H3,(H,24,29). The van der Waals surface area contributed by atoms with Crippen molar-refractivity contribution in [3.05, 3.63) is 66.1 Å². The minimum Gasteiger partial charge on any atom is -0.351 e. The zero-order chi connectivity index (χ0) is 20.6. The summed E-state index contributed by atoms with van der Waals surface area (Å²) < 4.78 is 1.81. The summed E-state index contributed by atoms with van der Waals surface area (Å²) >= 11 is 0. The van der Waals surface area contributed by atoms with E-state index in [1.807, 2.05) is 77.9 Å². The molecule has 6 nitrogen and oxygen atoms in total. The highest BCUT2D eigenvalue weighted by Gasteiger charge is 2.16. The number of nitrogens with one attached hydrogen (secondary N) is 1. The van der Waals surface area contributed by atoms with Crippen LogP contribution in [0.1, 0.15) is 48.8 Å². The number of pyridine rings is 1. The van der Waals surface area contributed by atoms with E-state index < -0.39 is 0 Å². The molecule has 0 fully saturated rings. The van der Waals surface area contributed by atoms with Crippen molar-refractivity contribution in [1.82, 2.24) is 14.7 Å². The number of amides is 2. The fourth-order valence-electron chi connectivity index (χ4n) is 3.50. The summed E-state index contributed by atoms with van der Waals surface area (Å²) in [5.41, 5.74) is 3.01. The summed E-state index contributed by atoms with van der Waals surface area (Å²) in [7, 11) is 0. The fraction of sp³-hybridized carbons (Fsp3) is 0.348. The lowest BCUT2D eigenvalue weighted by molar-refractivity contribution is -0.118. The van der Waals surface area contributed by atoms with Crippen LogP contribution in [0.4, 0.5) is 5.69 Å². The predicted molar refractivity (Wildman–Crippen MR) is 115 cm³/mol. The maximum Gasteiger partial charge on any atom is 0.270 e. The minimum absolute atomic E-state index is 0.112. The molecular formula is C23H28N4O2. The average molecular weight is 393 g/mol. The highest BCUT2D eigenvalue weighted by Crippen LogP contribution is 2.15. The van der Waals surface area contributed by atoms with Gasteiger partial charge in [0.25, 0.3) is 5.91 Å². The molecule has 2 amide bonds. The maximum atomic E-state index is 12.5. The predicted octanol–water partition coefficient (Wildman–Crippen LogP) is 3.99. The van der Waals surface area contributed by atoms with E-state index in [9.17, 15) is 9.59 Å². The van der Waals surface area contributed by atoms with Gasteiger partial charge in [0.15, 0.2) is 0 Å². The first-order valence-corrected chi connectivity index (χ1v) is 10.2. The molecule has 0 unspecified atom stereocenters. The summed E-state index contributed by atoms with van der Waals surface area (Å²) in [6.07, 6.45) is 4.91. The molecular weight excluding hydrogens is 364 g/mol. The van der Waals surface area contributed by atoms with Crippen LogP contribution in [0.15, 0.2) is 54.7 Å². The second-order valence-corrected chi connectivity index (χ2v) is 7.01. The lowest BCUT2D eigenvalue weighted by Gasteiger charge is -2.21. The summed E-state index contributed by atoms with van der Waals surface area (Å²) in [6.45, 7) is 5.09. The Morgan fingerprint density at radius 3 is 2.55 bits per heavy atom. The van der Waals surface area contributed by atoms with Gasteiger partial charge in [0.05, 0.1) is 5.69 Å². The summed E-state index contributed by atoms with van der Waals surface area (Å²) in [5, 5.41) is 2.97. The Hall–Kier alpha value is -3.15. The summed E-state index contributed by atoms with van der Waals surface area (Å²) in [5.74, 6) is 0.0302. The van der Waals surface area contributed by atoms with Crippen molar-refractivity contribution in [3.8, 4) is 0 Å². The van der Waals surface area contributed by atoms with E-state index in [0.29, 0.717) is 25.2 Å². The van der Waals surface area contributed by atoms with Crippen LogP contribution >= 0.6 is 0 Å². The van der Waals surface area contributed by atoms with Crippen LogP contribution in [0, 0.1) is 6.92 Å². The third-order valence-electron chi connectivity index (χ3n) is 4.96. The van der Waals surface area contributed by atoms with E-state index in [4.69, 9.17) is 0 Å². The molecule has 3 rings (SSSR count). The molecule has 2 aromatic heterocycles. The van der Waals surface area contributed by atoms with Crippen molar-refractivity contribution in [2.24, 2.45) is 0 Å². The van der Waals surface area contributed by atoms with Gasteiger partial charge in [0.1, 0.15) is 11.3 Å². The Bertz CT molecular complexity index is 965. The first-order valence-electron chi connectivity index (χ1n) is 10.2. The molecule has 3 aromatic rings. The lowest BCUT2D eigenvalue weighted by atomic mass is 10.1. The van der Waals surface area contributed by atoms with Crippen molar-refractivity contribution in [2.45, 2.75) is 39.5 Å².